The van der Waals surface area contributed by atoms with E-state index in [-0.39, 0.29) is 42.7 Å². The Balaban J connectivity index is 1.53. The minimum atomic E-state index is -4.77. The fraction of sp³-hybridized carbons (Fsp3) is 0.217. The van der Waals surface area contributed by atoms with Crippen LogP contribution in [0.15, 0.2) is 52.9 Å². The number of carbonyl (C=O) groups is 3. The van der Waals surface area contributed by atoms with Crippen molar-refractivity contribution in [2.45, 2.75) is 31.6 Å². The van der Waals surface area contributed by atoms with Gasteiger partial charge in [-0.05, 0) is 24.1 Å². The van der Waals surface area contributed by atoms with Gasteiger partial charge in [-0.1, -0.05) is 36.4 Å². The summed E-state index contributed by atoms with van der Waals surface area (Å²) in [6.07, 6.45) is -4.42. The second-order valence-electron chi connectivity index (χ2n) is 7.83. The van der Waals surface area contributed by atoms with Gasteiger partial charge in [0.25, 0.3) is 5.91 Å². The molecule has 33 heavy (non-hydrogen) atoms. The van der Waals surface area contributed by atoms with Crippen molar-refractivity contribution in [2.75, 3.05) is 0 Å². The van der Waals surface area contributed by atoms with E-state index < -0.39 is 24.0 Å². The van der Waals surface area contributed by atoms with E-state index in [2.05, 4.69) is 10.3 Å². The van der Waals surface area contributed by atoms with Gasteiger partial charge in [-0.3, -0.25) is 19.7 Å². The highest BCUT2D eigenvalue weighted by Crippen LogP contribution is 2.39. The minimum Gasteiger partial charge on any atom is -0.432 e. The number of nitrogens with zero attached hydrogens (tertiary/aromatic N) is 2. The molecule has 1 aromatic heterocycles. The summed E-state index contributed by atoms with van der Waals surface area (Å²) in [6.45, 7) is 0.0962. The number of hydrogen-bond donors (Lipinski definition) is 1. The predicted octanol–water partition coefficient (Wildman–Crippen LogP) is 3.79. The van der Waals surface area contributed by atoms with Crippen molar-refractivity contribution in [2.24, 2.45) is 0 Å². The zero-order chi connectivity index (χ0) is 23.3. The number of alkyl halides is 3. The average Bonchev–Trinajstić information content (AvgIpc) is 3.36. The van der Waals surface area contributed by atoms with Crippen LogP contribution in [-0.4, -0.2) is 33.6 Å². The molecule has 1 N–H and O–H groups in total. The SMILES string of the molecule is O=C1CCC(N2Cc3cc(-c4nc(C(F)(F)F)oc4-c4ccccc4)ccc3C2=O)C(=O)N1. The first-order valence-electron chi connectivity index (χ1n) is 10.1. The number of nitrogens with one attached hydrogen (secondary N) is 1. The summed E-state index contributed by atoms with van der Waals surface area (Å²) in [5.41, 5.74) is 1.69. The molecule has 10 heteroatoms. The smallest absolute Gasteiger partial charge is 0.432 e. The van der Waals surface area contributed by atoms with Crippen molar-refractivity contribution in [3.8, 4) is 22.6 Å². The van der Waals surface area contributed by atoms with Crippen LogP contribution in [0.25, 0.3) is 22.6 Å². The van der Waals surface area contributed by atoms with Crippen molar-refractivity contribution in [1.82, 2.24) is 15.2 Å². The fourth-order valence-electron chi connectivity index (χ4n) is 4.14. The highest BCUT2D eigenvalue weighted by Gasteiger charge is 2.41. The largest absolute Gasteiger partial charge is 0.468 e. The Hall–Kier alpha value is -3.95. The number of imide groups is 1. The van der Waals surface area contributed by atoms with E-state index in [0.29, 0.717) is 22.3 Å². The predicted molar refractivity (Wildman–Crippen MR) is 108 cm³/mol. The lowest BCUT2D eigenvalue weighted by Gasteiger charge is -2.29. The number of benzene rings is 2. The Bertz CT molecular complexity index is 1280. The van der Waals surface area contributed by atoms with Crippen molar-refractivity contribution in [1.29, 1.82) is 0 Å². The normalized spacial score (nSPS) is 18.5. The summed E-state index contributed by atoms with van der Waals surface area (Å²) in [4.78, 5) is 41.6. The maximum atomic E-state index is 13.3. The fourth-order valence-corrected chi connectivity index (χ4v) is 4.14. The van der Waals surface area contributed by atoms with Crippen LogP contribution in [-0.2, 0) is 22.3 Å². The quantitative estimate of drug-likeness (QED) is 0.607. The molecule has 0 spiro atoms. The Kier molecular flexibility index (Phi) is 4.80. The first-order chi connectivity index (χ1) is 15.7. The van der Waals surface area contributed by atoms with Gasteiger partial charge in [-0.25, -0.2) is 4.98 Å². The zero-order valence-electron chi connectivity index (χ0n) is 17.0. The van der Waals surface area contributed by atoms with Crippen LogP contribution < -0.4 is 5.32 Å². The van der Waals surface area contributed by atoms with Gasteiger partial charge in [-0.2, -0.15) is 13.2 Å². The molecule has 1 atom stereocenters. The molecule has 0 saturated carbocycles. The van der Waals surface area contributed by atoms with Crippen molar-refractivity contribution in [3.63, 3.8) is 0 Å². The molecule has 1 unspecified atom stereocenters. The number of halogens is 3. The second kappa shape index (κ2) is 7.58. The van der Waals surface area contributed by atoms with Gasteiger partial charge in [0.1, 0.15) is 11.7 Å². The molecule has 7 nitrogen and oxygen atoms in total. The molecule has 2 aliphatic heterocycles. The maximum absolute atomic E-state index is 13.3. The van der Waals surface area contributed by atoms with Gasteiger partial charge in [0, 0.05) is 29.7 Å². The van der Waals surface area contributed by atoms with Crippen molar-refractivity contribution in [3.05, 3.63) is 65.5 Å². The molecular weight excluding hydrogens is 439 g/mol. The van der Waals surface area contributed by atoms with E-state index in [1.54, 1.807) is 36.4 Å². The minimum absolute atomic E-state index is 0.00299. The van der Waals surface area contributed by atoms with Crippen LogP contribution in [0.1, 0.15) is 34.7 Å². The molecule has 5 rings (SSSR count). The third-order valence-corrected chi connectivity index (χ3v) is 5.70. The number of rotatable bonds is 3. The van der Waals surface area contributed by atoms with Gasteiger partial charge in [-0.15, -0.1) is 0 Å². The Morgan fingerprint density at radius 1 is 1.03 bits per heavy atom. The van der Waals surface area contributed by atoms with Gasteiger partial charge < -0.3 is 9.32 Å². The lowest BCUT2D eigenvalue weighted by molar-refractivity contribution is -0.156. The van der Waals surface area contributed by atoms with Crippen LogP contribution in [0.5, 0.6) is 0 Å². The van der Waals surface area contributed by atoms with Crippen LogP contribution in [0.3, 0.4) is 0 Å². The highest BCUT2D eigenvalue weighted by molar-refractivity contribution is 6.05. The van der Waals surface area contributed by atoms with E-state index in [0.717, 1.165) is 0 Å². The summed E-state index contributed by atoms with van der Waals surface area (Å²) in [7, 11) is 0. The van der Waals surface area contributed by atoms with Gasteiger partial charge in [0.15, 0.2) is 5.76 Å². The molecular formula is C23H16F3N3O4. The molecule has 1 saturated heterocycles. The Labute approximate surface area is 185 Å². The topological polar surface area (TPSA) is 92.5 Å². The average molecular weight is 455 g/mol. The van der Waals surface area contributed by atoms with Crippen LogP contribution in [0.4, 0.5) is 13.2 Å². The Morgan fingerprint density at radius 2 is 1.79 bits per heavy atom. The number of hydrogen-bond acceptors (Lipinski definition) is 5. The molecule has 2 aromatic carbocycles. The molecule has 168 valence electrons. The summed E-state index contributed by atoms with van der Waals surface area (Å²) in [5.74, 6) is -2.69. The number of aromatic nitrogens is 1. The Morgan fingerprint density at radius 3 is 2.48 bits per heavy atom. The van der Waals surface area contributed by atoms with Gasteiger partial charge in [0.2, 0.25) is 11.8 Å². The summed E-state index contributed by atoms with van der Waals surface area (Å²) in [5, 5.41) is 2.23. The van der Waals surface area contributed by atoms with Crippen molar-refractivity contribution >= 4 is 17.7 Å². The van der Waals surface area contributed by atoms with E-state index in [4.69, 9.17) is 4.42 Å². The summed E-state index contributed by atoms with van der Waals surface area (Å²) in [6, 6.07) is 12.1. The monoisotopic (exact) mass is 455 g/mol. The first kappa shape index (κ1) is 20.9. The van der Waals surface area contributed by atoms with E-state index in [9.17, 15) is 27.6 Å². The van der Waals surface area contributed by atoms with Crippen LogP contribution >= 0.6 is 0 Å². The van der Waals surface area contributed by atoms with Gasteiger partial charge >= 0.3 is 12.1 Å². The first-order valence-corrected chi connectivity index (χ1v) is 10.1. The van der Waals surface area contributed by atoms with Crippen molar-refractivity contribution < 1.29 is 32.0 Å². The lowest BCUT2D eigenvalue weighted by atomic mass is 10.0. The molecule has 0 bridgehead atoms. The summed E-state index contributed by atoms with van der Waals surface area (Å²) >= 11 is 0. The number of carbonyl (C=O) groups excluding carboxylic acids is 3. The number of fused-ring (bicyclic) bond motifs is 1. The standard InChI is InChI=1S/C23H16F3N3O4/c24-23(25,26)22-28-18(19(33-22)12-4-2-1-3-5-12)13-6-7-15-14(10-13)11-29(21(15)32)16-8-9-17(30)27-20(16)31/h1-7,10,16H,8-9,11H2,(H,27,30,31). The molecule has 3 aromatic rings. The van der Waals surface area contributed by atoms with E-state index in [1.165, 1.54) is 17.0 Å². The molecule has 1 fully saturated rings. The zero-order valence-corrected chi connectivity index (χ0v) is 17.0. The molecule has 3 heterocycles. The molecule has 2 aliphatic rings. The summed E-state index contributed by atoms with van der Waals surface area (Å²) < 4.78 is 45.1. The molecule has 0 radical (unpaired) electrons. The van der Waals surface area contributed by atoms with Crippen LogP contribution in [0, 0.1) is 0 Å². The lowest BCUT2D eigenvalue weighted by Crippen LogP contribution is -2.52. The van der Waals surface area contributed by atoms with E-state index >= 15 is 0 Å². The molecule has 0 aliphatic carbocycles. The third-order valence-electron chi connectivity index (χ3n) is 5.70. The number of piperidine rings is 1. The second-order valence-corrected chi connectivity index (χ2v) is 7.83. The third kappa shape index (κ3) is 3.67. The molecule has 3 amide bonds. The van der Waals surface area contributed by atoms with Crippen LogP contribution in [0.2, 0.25) is 0 Å². The number of amides is 3. The highest BCUT2D eigenvalue weighted by atomic mass is 19.4. The number of oxazole rings is 1. The van der Waals surface area contributed by atoms with E-state index in [1.807, 2.05) is 0 Å². The maximum Gasteiger partial charge on any atom is 0.468 e. The van der Waals surface area contributed by atoms with Gasteiger partial charge in [0.05, 0.1) is 0 Å².